The van der Waals surface area contributed by atoms with Gasteiger partial charge in [-0.1, -0.05) is 18.2 Å². The largest absolute Gasteiger partial charge is 0.479 e. The third-order valence-corrected chi connectivity index (χ3v) is 8.04. The van der Waals surface area contributed by atoms with Gasteiger partial charge in [0.25, 0.3) is 11.5 Å². The first-order valence-electron chi connectivity index (χ1n) is 12.1. The summed E-state index contributed by atoms with van der Waals surface area (Å²) in [6, 6.07) is 11.5. The summed E-state index contributed by atoms with van der Waals surface area (Å²) in [5.41, 5.74) is 5.33. The lowest BCUT2D eigenvalue weighted by Crippen LogP contribution is -2.42. The fourth-order valence-corrected chi connectivity index (χ4v) is 6.03. The van der Waals surface area contributed by atoms with Crippen molar-refractivity contribution in [2.24, 2.45) is 0 Å². The number of aromatic nitrogens is 2. The van der Waals surface area contributed by atoms with Crippen molar-refractivity contribution in [2.45, 2.75) is 45.3 Å². The van der Waals surface area contributed by atoms with Gasteiger partial charge in [-0.05, 0) is 67.5 Å². The number of anilines is 1. The molecule has 7 nitrogen and oxygen atoms in total. The number of hydrogen-bond donors (Lipinski definition) is 0. The Bertz CT molecular complexity index is 1600. The molecule has 0 bridgehead atoms. The van der Waals surface area contributed by atoms with E-state index in [2.05, 4.69) is 23.2 Å². The number of Topliss-reactive ketones (excluding diaryl/α,β-unsaturated/α-hetero) is 1. The van der Waals surface area contributed by atoms with Crippen LogP contribution < -0.4 is 15.2 Å². The van der Waals surface area contributed by atoms with Crippen LogP contribution in [-0.2, 0) is 24.2 Å². The molecule has 0 N–H and O–H groups in total. The molecule has 2 aromatic carbocycles. The summed E-state index contributed by atoms with van der Waals surface area (Å²) >= 11 is 1.44. The maximum atomic E-state index is 13.5. The van der Waals surface area contributed by atoms with Gasteiger partial charge in [0.15, 0.2) is 11.9 Å². The van der Waals surface area contributed by atoms with E-state index in [1.165, 1.54) is 51.1 Å². The van der Waals surface area contributed by atoms with Crippen molar-refractivity contribution in [1.82, 2.24) is 9.55 Å². The Kier molecular flexibility index (Phi) is 5.48. The van der Waals surface area contributed by atoms with E-state index in [9.17, 15) is 14.4 Å². The van der Waals surface area contributed by atoms with Crippen LogP contribution >= 0.6 is 11.3 Å². The molecule has 8 heteroatoms. The molecule has 1 unspecified atom stereocenters. The fourth-order valence-electron chi connectivity index (χ4n) is 5.12. The second kappa shape index (κ2) is 8.71. The Morgan fingerprint density at radius 3 is 2.75 bits per heavy atom. The molecule has 36 heavy (non-hydrogen) atoms. The number of rotatable bonds is 4. The SMILES string of the molecule is CC1Oc2ccc(C(=O)Cn3cnc4scc(-c5ccc6c(c5)CCCC6)c4c3=O)cc2N(C)C1=O. The number of hydrogen-bond acceptors (Lipinski definition) is 6. The van der Waals surface area contributed by atoms with Gasteiger partial charge in [-0.25, -0.2) is 4.98 Å². The molecular weight excluding hydrogens is 474 g/mol. The van der Waals surface area contributed by atoms with Gasteiger partial charge in [-0.2, -0.15) is 0 Å². The van der Waals surface area contributed by atoms with Gasteiger partial charge >= 0.3 is 0 Å². The number of carbonyl (C=O) groups excluding carboxylic acids is 2. The Hall–Kier alpha value is -3.78. The van der Waals surface area contributed by atoms with Gasteiger partial charge in [0.1, 0.15) is 10.6 Å². The third-order valence-electron chi connectivity index (χ3n) is 7.16. The lowest BCUT2D eigenvalue weighted by molar-refractivity contribution is -0.125. The van der Waals surface area contributed by atoms with E-state index in [0.717, 1.165) is 24.0 Å². The van der Waals surface area contributed by atoms with E-state index in [4.69, 9.17) is 4.74 Å². The van der Waals surface area contributed by atoms with Crippen LogP contribution in [0.4, 0.5) is 5.69 Å². The molecule has 0 radical (unpaired) electrons. The van der Waals surface area contributed by atoms with E-state index in [1.54, 1.807) is 32.2 Å². The normalized spacial score (nSPS) is 17.0. The summed E-state index contributed by atoms with van der Waals surface area (Å²) in [4.78, 5) is 45.6. The topological polar surface area (TPSA) is 81.5 Å². The predicted octanol–water partition coefficient (Wildman–Crippen LogP) is 4.63. The Morgan fingerprint density at radius 2 is 1.92 bits per heavy atom. The molecule has 1 atom stereocenters. The average Bonchev–Trinajstić information content (AvgIpc) is 3.33. The minimum absolute atomic E-state index is 0.144. The summed E-state index contributed by atoms with van der Waals surface area (Å²) in [6.45, 7) is 1.55. The first-order valence-corrected chi connectivity index (χ1v) is 13.0. The highest BCUT2D eigenvalue weighted by Crippen LogP contribution is 2.35. The number of ether oxygens (including phenoxy) is 1. The van der Waals surface area contributed by atoms with Crippen molar-refractivity contribution >= 4 is 38.9 Å². The summed E-state index contributed by atoms with van der Waals surface area (Å²) in [5.74, 6) is 0.130. The Morgan fingerprint density at radius 1 is 1.11 bits per heavy atom. The third kappa shape index (κ3) is 3.73. The van der Waals surface area contributed by atoms with E-state index in [-0.39, 0.29) is 23.8 Å². The highest BCUT2D eigenvalue weighted by Gasteiger charge is 2.29. The van der Waals surface area contributed by atoms with Gasteiger partial charge in [-0.15, -0.1) is 11.3 Å². The highest BCUT2D eigenvalue weighted by molar-refractivity contribution is 7.17. The van der Waals surface area contributed by atoms with Crippen LogP contribution in [0, 0.1) is 0 Å². The molecule has 182 valence electrons. The molecule has 1 aliphatic carbocycles. The molecule has 2 aliphatic rings. The summed E-state index contributed by atoms with van der Waals surface area (Å²) in [6.07, 6.45) is 5.45. The minimum atomic E-state index is -0.574. The number of benzene rings is 2. The summed E-state index contributed by atoms with van der Waals surface area (Å²) in [7, 11) is 1.66. The standard InChI is InChI=1S/C28H25N3O4S/c1-16-27(33)30(2)22-12-20(9-10-24(22)35-16)23(32)13-31-15-29-26-25(28(31)34)21(14-36-26)19-8-7-17-5-3-4-6-18(17)11-19/h7-12,14-16H,3-6,13H2,1-2H3. The molecule has 6 rings (SSSR count). The lowest BCUT2D eigenvalue weighted by atomic mass is 9.89. The number of aryl methyl sites for hydroxylation is 2. The summed E-state index contributed by atoms with van der Waals surface area (Å²) in [5, 5.41) is 2.52. The van der Waals surface area contributed by atoms with Crippen LogP contribution in [0.2, 0.25) is 0 Å². The minimum Gasteiger partial charge on any atom is -0.479 e. The number of carbonyl (C=O) groups is 2. The van der Waals surface area contributed by atoms with Crippen molar-refractivity contribution in [1.29, 1.82) is 0 Å². The van der Waals surface area contributed by atoms with Crippen LogP contribution in [0.25, 0.3) is 21.3 Å². The summed E-state index contributed by atoms with van der Waals surface area (Å²) < 4.78 is 7.02. The maximum Gasteiger partial charge on any atom is 0.267 e. The molecular formula is C28H25N3O4S. The van der Waals surface area contributed by atoms with Gasteiger partial charge in [0.05, 0.1) is 23.9 Å². The Balaban J connectivity index is 1.33. The number of fused-ring (bicyclic) bond motifs is 3. The molecule has 0 fully saturated rings. The zero-order valence-corrected chi connectivity index (χ0v) is 20.9. The van der Waals surface area contributed by atoms with Crippen LogP contribution in [0.5, 0.6) is 5.75 Å². The average molecular weight is 500 g/mol. The van der Waals surface area contributed by atoms with Crippen LogP contribution in [0.1, 0.15) is 41.3 Å². The van der Waals surface area contributed by atoms with Crippen molar-refractivity contribution in [3.63, 3.8) is 0 Å². The monoisotopic (exact) mass is 499 g/mol. The number of nitrogens with zero attached hydrogens (tertiary/aromatic N) is 3. The van der Waals surface area contributed by atoms with E-state index in [1.807, 2.05) is 5.38 Å². The lowest BCUT2D eigenvalue weighted by Gasteiger charge is -2.30. The molecule has 0 spiro atoms. The van der Waals surface area contributed by atoms with Gasteiger partial charge in [-0.3, -0.25) is 19.0 Å². The first-order chi connectivity index (χ1) is 17.4. The number of thiophene rings is 1. The van der Waals surface area contributed by atoms with E-state index >= 15 is 0 Å². The molecule has 4 aromatic rings. The van der Waals surface area contributed by atoms with Crippen LogP contribution in [0.3, 0.4) is 0 Å². The van der Waals surface area contributed by atoms with Crippen LogP contribution in [-0.4, -0.2) is 34.4 Å². The van der Waals surface area contributed by atoms with E-state index < -0.39 is 6.10 Å². The number of amides is 1. The number of likely N-dealkylation sites (N-methyl/N-ethyl adjacent to an activating group) is 1. The van der Waals surface area contributed by atoms with Crippen molar-refractivity contribution in [3.8, 4) is 16.9 Å². The zero-order chi connectivity index (χ0) is 25.0. The van der Waals surface area contributed by atoms with Crippen LogP contribution in [0.15, 0.2) is 52.9 Å². The molecule has 0 saturated carbocycles. The predicted molar refractivity (Wildman–Crippen MR) is 140 cm³/mol. The smallest absolute Gasteiger partial charge is 0.267 e. The van der Waals surface area contributed by atoms with Gasteiger partial charge in [0.2, 0.25) is 0 Å². The molecule has 3 heterocycles. The second-order valence-corrected chi connectivity index (χ2v) is 10.3. The van der Waals surface area contributed by atoms with Crippen molar-refractivity contribution in [2.75, 3.05) is 11.9 Å². The zero-order valence-electron chi connectivity index (χ0n) is 20.1. The first kappa shape index (κ1) is 22.7. The van der Waals surface area contributed by atoms with E-state index in [0.29, 0.717) is 27.2 Å². The fraction of sp³-hybridized carbons (Fsp3) is 0.286. The quantitative estimate of drug-likeness (QED) is 0.383. The van der Waals surface area contributed by atoms with Gasteiger partial charge < -0.3 is 9.64 Å². The molecule has 1 amide bonds. The van der Waals surface area contributed by atoms with Crippen molar-refractivity contribution < 1.29 is 14.3 Å². The highest BCUT2D eigenvalue weighted by atomic mass is 32.1. The molecule has 2 aromatic heterocycles. The Labute approximate surface area is 212 Å². The van der Waals surface area contributed by atoms with Crippen molar-refractivity contribution in [3.05, 3.63) is 75.1 Å². The second-order valence-electron chi connectivity index (χ2n) is 9.46. The molecule has 1 aliphatic heterocycles. The van der Waals surface area contributed by atoms with Gasteiger partial charge in [0, 0.05) is 23.6 Å². The molecule has 0 saturated heterocycles. The number of ketones is 1. The maximum absolute atomic E-state index is 13.5.